The molecule has 1 spiro atoms. The Morgan fingerprint density at radius 3 is 2.42 bits per heavy atom. The Morgan fingerprint density at radius 2 is 1.67 bits per heavy atom. The van der Waals surface area contributed by atoms with Gasteiger partial charge in [0.15, 0.2) is 0 Å². The van der Waals surface area contributed by atoms with Gasteiger partial charge in [-0.1, -0.05) is 62.1 Å². The predicted octanol–water partition coefficient (Wildman–Crippen LogP) is 4.70. The quantitative estimate of drug-likeness (QED) is 0.116. The zero-order valence-corrected chi connectivity index (χ0v) is 35.3. The van der Waals surface area contributed by atoms with Gasteiger partial charge in [-0.25, -0.2) is 4.79 Å². The fraction of sp³-hybridized carbons (Fsp3) is 0.760. The van der Waals surface area contributed by atoms with Crippen LogP contribution in [0.3, 0.4) is 0 Å². The molecule has 1 aromatic carbocycles. The first kappa shape index (κ1) is 40.3. The van der Waals surface area contributed by atoms with Crippen LogP contribution in [0.4, 0.5) is 0 Å². The summed E-state index contributed by atoms with van der Waals surface area (Å²) >= 11 is 0. The highest BCUT2D eigenvalue weighted by atomic mass is 16.6. The number of aliphatic hydroxyl groups is 6. The molecule has 2 bridgehead atoms. The third-order valence-electron chi connectivity index (χ3n) is 20.6. The van der Waals surface area contributed by atoms with E-state index in [9.17, 15) is 40.2 Å². The number of allylic oxidation sites excluding steroid dienone is 2. The number of rotatable bonds is 7. The van der Waals surface area contributed by atoms with Crippen molar-refractivity contribution in [2.45, 2.75) is 156 Å². The van der Waals surface area contributed by atoms with Crippen molar-refractivity contribution in [1.29, 1.82) is 0 Å². The van der Waals surface area contributed by atoms with Crippen LogP contribution in [-0.2, 0) is 27.4 Å². The van der Waals surface area contributed by atoms with Gasteiger partial charge in [0.2, 0.25) is 0 Å². The van der Waals surface area contributed by atoms with Crippen LogP contribution in [0, 0.1) is 70.0 Å². The average Bonchev–Trinajstić information content (AvgIpc) is 3.92. The highest BCUT2D eigenvalue weighted by molar-refractivity contribution is 5.87. The molecule has 0 radical (unpaired) electrons. The molecule has 10 heteroatoms. The van der Waals surface area contributed by atoms with Gasteiger partial charge in [-0.2, -0.15) is 0 Å². The average molecular weight is 826 g/mol. The maximum atomic E-state index is 14.2. The number of esters is 1. The summed E-state index contributed by atoms with van der Waals surface area (Å²) in [5.41, 5.74) is -6.19. The van der Waals surface area contributed by atoms with Crippen molar-refractivity contribution < 1.29 is 45.0 Å². The Bertz CT molecular complexity index is 1980. The molecule has 0 amide bonds. The molecular weight excluding hydrogens is 759 g/mol. The minimum Gasteiger partial charge on any atom is -0.451 e. The van der Waals surface area contributed by atoms with Gasteiger partial charge in [0.25, 0.3) is 0 Å². The lowest BCUT2D eigenvalue weighted by Crippen LogP contribution is -2.85. The van der Waals surface area contributed by atoms with Crippen LogP contribution in [0.5, 0.6) is 0 Å². The summed E-state index contributed by atoms with van der Waals surface area (Å²) in [7, 11) is 1.94. The summed E-state index contributed by atoms with van der Waals surface area (Å²) in [5, 5.41) is 81.0. The summed E-state index contributed by atoms with van der Waals surface area (Å²) in [5.74, 6) is -2.37. The smallest absolute Gasteiger partial charge is 0.331 e. The van der Waals surface area contributed by atoms with Gasteiger partial charge in [0.05, 0.1) is 29.8 Å². The molecule has 8 fully saturated rings. The lowest BCUT2D eigenvalue weighted by molar-refractivity contribution is -0.375. The van der Waals surface area contributed by atoms with Crippen LogP contribution >= 0.6 is 0 Å². The first-order valence-electron chi connectivity index (χ1n) is 23.8. The first-order chi connectivity index (χ1) is 28.9. The second kappa shape index (κ2) is 13.8. The minimum absolute atomic E-state index is 0.0805. The maximum Gasteiger partial charge on any atom is 0.331 e. The molecule has 326 valence electrons. The zero-order chi connectivity index (χ0) is 41.6. The second-order valence-electron chi connectivity index (χ2n) is 21.9. The van der Waals surface area contributed by atoms with E-state index < -0.39 is 63.2 Å². The third-order valence-corrected chi connectivity index (χ3v) is 20.6. The molecule has 7 N–H and O–H groups in total. The van der Waals surface area contributed by atoms with Gasteiger partial charge in [0, 0.05) is 41.2 Å². The number of hydrogen-bond acceptors (Lipinski definition) is 10. The van der Waals surface area contributed by atoms with E-state index in [0.717, 1.165) is 42.2 Å². The number of likely N-dealkylation sites (N-methyl/N-ethyl adjacent to an activating group) is 1. The van der Waals surface area contributed by atoms with Crippen LogP contribution < -0.4 is 5.32 Å². The molecule has 0 aromatic heterocycles. The number of benzene rings is 1. The Balaban J connectivity index is 1.04. The van der Waals surface area contributed by atoms with Crippen molar-refractivity contribution in [2.75, 3.05) is 7.05 Å². The molecule has 8 saturated carbocycles. The molecule has 18 unspecified atom stereocenters. The van der Waals surface area contributed by atoms with Crippen molar-refractivity contribution in [3.05, 3.63) is 59.2 Å². The lowest BCUT2D eigenvalue weighted by Gasteiger charge is -2.73. The largest absolute Gasteiger partial charge is 0.451 e. The van der Waals surface area contributed by atoms with Crippen molar-refractivity contribution in [3.63, 3.8) is 0 Å². The van der Waals surface area contributed by atoms with Crippen LogP contribution in [-0.4, -0.2) is 90.6 Å². The van der Waals surface area contributed by atoms with Crippen LogP contribution in [0.2, 0.25) is 0 Å². The van der Waals surface area contributed by atoms with Crippen LogP contribution in [0.1, 0.15) is 114 Å². The summed E-state index contributed by atoms with van der Waals surface area (Å²) in [6, 6.07) is 7.75. The number of fused-ring (bicyclic) bond motifs is 4. The van der Waals surface area contributed by atoms with Gasteiger partial charge < -0.3 is 45.5 Å². The number of aliphatic hydroxyl groups excluding tert-OH is 3. The molecule has 1 heterocycles. The summed E-state index contributed by atoms with van der Waals surface area (Å²) in [6.07, 6.45) is 15.9. The lowest BCUT2D eigenvalue weighted by atomic mass is 9.35. The molecular formula is C50H67NO9. The van der Waals surface area contributed by atoms with E-state index in [-0.39, 0.29) is 61.0 Å². The van der Waals surface area contributed by atoms with Crippen molar-refractivity contribution in [1.82, 2.24) is 5.32 Å². The molecule has 9 aliphatic carbocycles. The molecule has 18 atom stereocenters. The highest BCUT2D eigenvalue weighted by Crippen LogP contribution is 2.79. The molecule has 11 rings (SSSR count). The number of hydrogen-bond donors (Lipinski definition) is 7. The van der Waals surface area contributed by atoms with Gasteiger partial charge >= 0.3 is 5.97 Å². The number of carbonyl (C=O) groups is 2. The molecule has 1 aliphatic heterocycles. The summed E-state index contributed by atoms with van der Waals surface area (Å²) in [6.45, 7) is -0.0810. The van der Waals surface area contributed by atoms with E-state index in [1.54, 1.807) is 6.08 Å². The summed E-state index contributed by atoms with van der Waals surface area (Å²) < 4.78 is 6.55. The van der Waals surface area contributed by atoms with Gasteiger partial charge in [-0.15, -0.1) is 0 Å². The number of nitrogens with one attached hydrogen (secondary N) is 1. The van der Waals surface area contributed by atoms with E-state index in [2.05, 4.69) is 17.5 Å². The van der Waals surface area contributed by atoms with Crippen molar-refractivity contribution >= 4 is 12.3 Å². The van der Waals surface area contributed by atoms with E-state index in [0.29, 0.717) is 76.0 Å². The number of aldehydes is 1. The molecule has 10 nitrogen and oxygen atoms in total. The first-order valence-corrected chi connectivity index (χ1v) is 23.8. The Kier molecular flexibility index (Phi) is 9.27. The maximum absolute atomic E-state index is 14.2. The zero-order valence-electron chi connectivity index (χ0n) is 35.3. The Morgan fingerprint density at radius 1 is 0.883 bits per heavy atom. The van der Waals surface area contributed by atoms with Crippen molar-refractivity contribution in [3.8, 4) is 0 Å². The fourth-order valence-corrected chi connectivity index (χ4v) is 18.5. The number of ether oxygens (including phenoxy) is 1. The Hall–Kier alpha value is -2.44. The second-order valence-corrected chi connectivity index (χ2v) is 21.9. The van der Waals surface area contributed by atoms with E-state index in [4.69, 9.17) is 4.74 Å². The minimum atomic E-state index is -2.13. The SMILES string of the molecule is CNC(Cc1ccccc1CO)C1CC2CC3(O)C4(CCCC15OC(=O)C=C5C24)CCC1C2(C=O)CCC(O)C4CC5C=CCC(C6CCCC6)C5CC(C(O)C13O)C42O. The highest BCUT2D eigenvalue weighted by Gasteiger charge is 2.86. The topological polar surface area (TPSA) is 177 Å². The van der Waals surface area contributed by atoms with Gasteiger partial charge in [-0.3, -0.25) is 0 Å². The standard InChI is InChI=1S/C50H67NO9/c1-51-39(22-29-10-4-5-11-31(29)26-52)35-21-32-25-48(57)45(16-7-17-47(35)37(43(32)45)24-42(55)60-47)19-15-41-46(27-53)18-14-40(54)36-20-30-12-6-13-33(28-8-2-3-9-28)34(30)23-38(49(36,46)58)44(56)50(41,48)59/h4-6,10-12,24,27-28,30,32-36,38-41,43-44,51-52,54,56-59H,2-3,7-9,13-23,25-26H2,1H3. The molecule has 0 saturated heterocycles. The van der Waals surface area contributed by atoms with Gasteiger partial charge in [-0.05, 0) is 143 Å². The summed E-state index contributed by atoms with van der Waals surface area (Å²) in [4.78, 5) is 27.9. The molecule has 1 aromatic rings. The Labute approximate surface area is 354 Å². The fourth-order valence-electron chi connectivity index (χ4n) is 18.5. The van der Waals surface area contributed by atoms with Crippen LogP contribution in [0.25, 0.3) is 0 Å². The van der Waals surface area contributed by atoms with E-state index >= 15 is 0 Å². The normalized spacial score (nSPS) is 51.8. The monoisotopic (exact) mass is 825 g/mol. The predicted molar refractivity (Wildman–Crippen MR) is 222 cm³/mol. The third kappa shape index (κ3) is 4.80. The van der Waals surface area contributed by atoms with Crippen LogP contribution in [0.15, 0.2) is 48.1 Å². The van der Waals surface area contributed by atoms with E-state index in [1.807, 2.05) is 31.3 Å². The molecule has 10 aliphatic rings. The van der Waals surface area contributed by atoms with Crippen molar-refractivity contribution in [2.24, 2.45) is 70.0 Å². The van der Waals surface area contributed by atoms with E-state index in [1.165, 1.54) is 12.8 Å². The number of carbonyl (C=O) groups excluding carboxylic acids is 2. The molecule has 60 heavy (non-hydrogen) atoms. The van der Waals surface area contributed by atoms with Gasteiger partial charge in [0.1, 0.15) is 23.1 Å².